The average Bonchev–Trinajstić information content (AvgIpc) is 3.87. The van der Waals surface area contributed by atoms with Crippen molar-refractivity contribution in [2.24, 2.45) is 23.7 Å². The van der Waals surface area contributed by atoms with E-state index in [1.54, 1.807) is 6.92 Å². The van der Waals surface area contributed by atoms with Gasteiger partial charge in [0.2, 0.25) is 11.8 Å². The Morgan fingerprint density at radius 3 is 1.67 bits per heavy atom. The van der Waals surface area contributed by atoms with E-state index < -0.39 is 29.5 Å². The topological polar surface area (TPSA) is 122 Å². The van der Waals surface area contributed by atoms with E-state index in [0.717, 1.165) is 16.7 Å². The minimum Gasteiger partial charge on any atom is -0.361 e. The molecule has 278 valence electrons. The molecule has 3 aromatic carbocycles. The summed E-state index contributed by atoms with van der Waals surface area (Å²) in [6.45, 7) is 10.0. The maximum atomic E-state index is 14.2. The molecule has 1 saturated heterocycles. The fourth-order valence-corrected chi connectivity index (χ4v) is 6.67. The van der Waals surface area contributed by atoms with Crippen LogP contribution in [0, 0.1) is 23.7 Å². The zero-order valence-electron chi connectivity index (χ0n) is 31.4. The molecule has 1 aliphatic heterocycles. The van der Waals surface area contributed by atoms with E-state index in [2.05, 4.69) is 10.6 Å². The molecule has 8 nitrogen and oxygen atoms in total. The molecule has 3 aromatic rings. The Kier molecular flexibility index (Phi) is 15.1. The maximum Gasteiger partial charge on any atom is 0.224 e. The normalized spacial score (nSPS) is 17.5. The van der Waals surface area contributed by atoms with Gasteiger partial charge in [0.15, 0.2) is 11.6 Å². The number of ketones is 3. The molecule has 1 heterocycles. The van der Waals surface area contributed by atoms with Gasteiger partial charge in [0.05, 0.1) is 18.7 Å². The molecule has 4 rings (SSSR count). The monoisotopic (exact) mass is 708 g/mol. The molecular weight excluding hydrogens is 652 g/mol. The molecule has 0 aliphatic carbocycles. The highest BCUT2D eigenvalue weighted by Gasteiger charge is 2.50. The Hall–Kier alpha value is -4.43. The van der Waals surface area contributed by atoms with Gasteiger partial charge in [-0.2, -0.15) is 0 Å². The van der Waals surface area contributed by atoms with Crippen LogP contribution < -0.4 is 10.6 Å². The van der Waals surface area contributed by atoms with Crippen molar-refractivity contribution in [2.75, 3.05) is 6.61 Å². The zero-order chi connectivity index (χ0) is 37.7. The third-order valence-corrected chi connectivity index (χ3v) is 9.71. The van der Waals surface area contributed by atoms with Gasteiger partial charge in [0.1, 0.15) is 11.4 Å². The Labute approximate surface area is 309 Å². The van der Waals surface area contributed by atoms with E-state index in [-0.39, 0.29) is 60.3 Å². The van der Waals surface area contributed by atoms with Crippen LogP contribution in [0.1, 0.15) is 83.4 Å². The van der Waals surface area contributed by atoms with Crippen molar-refractivity contribution in [1.29, 1.82) is 0 Å². The van der Waals surface area contributed by atoms with Crippen molar-refractivity contribution in [3.8, 4) is 0 Å². The molecule has 0 saturated carbocycles. The highest BCUT2D eigenvalue weighted by molar-refractivity contribution is 5.98. The molecule has 2 N–H and O–H groups in total. The summed E-state index contributed by atoms with van der Waals surface area (Å²) < 4.78 is 5.43. The number of epoxide rings is 1. The molecule has 0 radical (unpaired) electrons. The SMILES string of the molecule is CC(C)C[C@H](NC(=O)[C@H](CCc1ccccc1)CC(=O)Cc1ccccc1)C(=O)C[C@@H](Cc1ccccc1)C(=O)N[C@@H](CC(C)C)C(=O)[C@@]1(C)CO1. The molecule has 52 heavy (non-hydrogen) atoms. The van der Waals surface area contributed by atoms with E-state index in [0.29, 0.717) is 38.7 Å². The van der Waals surface area contributed by atoms with Crippen molar-refractivity contribution >= 4 is 29.2 Å². The van der Waals surface area contributed by atoms with Crippen molar-refractivity contribution in [1.82, 2.24) is 10.6 Å². The van der Waals surface area contributed by atoms with Crippen molar-refractivity contribution < 1.29 is 28.7 Å². The maximum absolute atomic E-state index is 14.2. The van der Waals surface area contributed by atoms with Gasteiger partial charge in [-0.15, -0.1) is 0 Å². The van der Waals surface area contributed by atoms with Crippen LogP contribution in [-0.2, 0) is 48.0 Å². The second kappa shape index (κ2) is 19.4. The second-order valence-corrected chi connectivity index (χ2v) is 15.4. The standard InChI is InChI=1S/C44H56N2O6/c1-30(2)23-38(45-42(50)35(22-21-32-15-9-6-10-16-32)27-37(47)26-34-19-13-8-14-20-34)40(48)28-36(25-33-17-11-7-12-18-33)43(51)46-39(24-31(3)4)41(49)44(5)29-52-44/h6-20,30-31,35-36,38-39H,21-29H2,1-5H3,(H,45,50)(H,46,51)/t35-,36-,38+,39+,44-/m1/s1. The first-order chi connectivity index (χ1) is 24.8. The number of aryl methyl sites for hydroxylation is 1. The fourth-order valence-electron chi connectivity index (χ4n) is 6.67. The number of amides is 2. The molecule has 0 bridgehead atoms. The van der Waals surface area contributed by atoms with Crippen LogP contribution in [0.15, 0.2) is 91.0 Å². The molecule has 1 fully saturated rings. The van der Waals surface area contributed by atoms with Gasteiger partial charge in [-0.05, 0) is 67.6 Å². The quantitative estimate of drug-likeness (QED) is 0.112. The van der Waals surface area contributed by atoms with E-state index in [9.17, 15) is 24.0 Å². The Morgan fingerprint density at radius 1 is 0.654 bits per heavy atom. The van der Waals surface area contributed by atoms with Crippen LogP contribution in [-0.4, -0.2) is 53.5 Å². The number of hydrogen-bond donors (Lipinski definition) is 2. The lowest BCUT2D eigenvalue weighted by molar-refractivity contribution is -0.135. The number of benzene rings is 3. The summed E-state index contributed by atoms with van der Waals surface area (Å²) in [7, 11) is 0. The number of rotatable bonds is 22. The molecule has 8 heteroatoms. The van der Waals surface area contributed by atoms with E-state index in [1.807, 2.05) is 119 Å². The molecule has 1 aliphatic rings. The van der Waals surface area contributed by atoms with Crippen LogP contribution in [0.4, 0.5) is 0 Å². The Morgan fingerprint density at radius 2 is 1.13 bits per heavy atom. The fraction of sp³-hybridized carbons (Fsp3) is 0.477. The van der Waals surface area contributed by atoms with Gasteiger partial charge in [-0.1, -0.05) is 119 Å². The van der Waals surface area contributed by atoms with Crippen molar-refractivity contribution in [3.63, 3.8) is 0 Å². The molecule has 5 atom stereocenters. The van der Waals surface area contributed by atoms with Crippen LogP contribution in [0.2, 0.25) is 0 Å². The highest BCUT2D eigenvalue weighted by Crippen LogP contribution is 2.30. The van der Waals surface area contributed by atoms with Gasteiger partial charge >= 0.3 is 0 Å². The molecular formula is C44H56N2O6. The minimum absolute atomic E-state index is 0.0401. The molecule has 2 amide bonds. The summed E-state index contributed by atoms with van der Waals surface area (Å²) in [6.07, 6.45) is 2.37. The Bertz CT molecular complexity index is 1620. The first-order valence-corrected chi connectivity index (χ1v) is 18.8. The average molecular weight is 709 g/mol. The summed E-state index contributed by atoms with van der Waals surface area (Å²) in [4.78, 5) is 68.9. The van der Waals surface area contributed by atoms with Gasteiger partial charge in [-0.3, -0.25) is 24.0 Å². The number of Topliss-reactive ketones (excluding diaryl/α,β-unsaturated/α-hetero) is 3. The highest BCUT2D eigenvalue weighted by atomic mass is 16.6. The van der Waals surface area contributed by atoms with Crippen LogP contribution >= 0.6 is 0 Å². The van der Waals surface area contributed by atoms with Crippen LogP contribution in [0.5, 0.6) is 0 Å². The lowest BCUT2D eigenvalue weighted by Crippen LogP contribution is -2.50. The van der Waals surface area contributed by atoms with E-state index in [1.165, 1.54) is 0 Å². The summed E-state index contributed by atoms with van der Waals surface area (Å²) >= 11 is 0. The summed E-state index contributed by atoms with van der Waals surface area (Å²) in [5.74, 6) is -2.33. The van der Waals surface area contributed by atoms with Crippen molar-refractivity contribution in [3.05, 3.63) is 108 Å². The van der Waals surface area contributed by atoms with E-state index >= 15 is 0 Å². The zero-order valence-corrected chi connectivity index (χ0v) is 31.4. The van der Waals surface area contributed by atoms with Gasteiger partial charge < -0.3 is 15.4 Å². The smallest absolute Gasteiger partial charge is 0.224 e. The summed E-state index contributed by atoms with van der Waals surface area (Å²) in [5, 5.41) is 6.02. The number of nitrogens with one attached hydrogen (secondary N) is 2. The minimum atomic E-state index is -0.899. The number of carbonyl (C=O) groups is 5. The third-order valence-electron chi connectivity index (χ3n) is 9.71. The second-order valence-electron chi connectivity index (χ2n) is 15.4. The van der Waals surface area contributed by atoms with Crippen LogP contribution in [0.25, 0.3) is 0 Å². The van der Waals surface area contributed by atoms with Gasteiger partial charge in [-0.25, -0.2) is 0 Å². The number of hydrogen-bond acceptors (Lipinski definition) is 6. The van der Waals surface area contributed by atoms with E-state index in [4.69, 9.17) is 4.74 Å². The first kappa shape index (κ1) is 40.3. The summed E-state index contributed by atoms with van der Waals surface area (Å²) in [5.41, 5.74) is 1.95. The predicted molar refractivity (Wildman–Crippen MR) is 203 cm³/mol. The Balaban J connectivity index is 1.53. The lowest BCUT2D eigenvalue weighted by atomic mass is 9.87. The van der Waals surface area contributed by atoms with Gasteiger partial charge in [0.25, 0.3) is 0 Å². The third kappa shape index (κ3) is 13.0. The largest absolute Gasteiger partial charge is 0.361 e. The summed E-state index contributed by atoms with van der Waals surface area (Å²) in [6, 6.07) is 27.2. The van der Waals surface area contributed by atoms with Crippen LogP contribution in [0.3, 0.4) is 0 Å². The molecule has 0 spiro atoms. The first-order valence-electron chi connectivity index (χ1n) is 18.8. The predicted octanol–water partition coefficient (Wildman–Crippen LogP) is 6.68. The van der Waals surface area contributed by atoms with Gasteiger partial charge in [0, 0.05) is 31.1 Å². The lowest BCUT2D eigenvalue weighted by Gasteiger charge is -2.27. The number of carbonyl (C=O) groups excluding carboxylic acids is 5. The number of ether oxygens (including phenoxy) is 1. The molecule has 0 aromatic heterocycles. The van der Waals surface area contributed by atoms with Crippen molar-refractivity contribution in [2.45, 2.75) is 104 Å². The molecule has 0 unspecified atom stereocenters.